The zero-order valence-electron chi connectivity index (χ0n) is 13.1. The maximum Gasteiger partial charge on any atom is 0.265 e. The Balaban J connectivity index is 1.80. The Hall–Kier alpha value is -2.47. The number of thiophene rings is 1. The molecule has 5 nitrogen and oxygen atoms in total. The average molecular weight is 326 g/mol. The molecule has 0 bridgehead atoms. The van der Waals surface area contributed by atoms with Crippen LogP contribution in [0.4, 0.5) is 5.69 Å². The van der Waals surface area contributed by atoms with Gasteiger partial charge in [0.15, 0.2) is 0 Å². The standard InChI is InChI=1S/C17H18N4OS/c1-3-15-12(2)8-16(23-15)17(22)20-14-7-5-4-6-13(14)9-21-11-18-10-19-21/h4-8,10-11H,3,9H2,1-2H3,(H,20,22). The maximum atomic E-state index is 12.5. The van der Waals surface area contributed by atoms with Crippen molar-refractivity contribution in [3.63, 3.8) is 0 Å². The van der Waals surface area contributed by atoms with Crippen molar-refractivity contribution in [1.29, 1.82) is 0 Å². The third-order valence-corrected chi connectivity index (χ3v) is 5.01. The number of aryl methyl sites for hydroxylation is 2. The van der Waals surface area contributed by atoms with Crippen LogP contribution in [-0.4, -0.2) is 20.7 Å². The monoisotopic (exact) mass is 326 g/mol. The number of aromatic nitrogens is 3. The molecule has 1 N–H and O–H groups in total. The number of rotatable bonds is 5. The summed E-state index contributed by atoms with van der Waals surface area (Å²) in [5, 5.41) is 7.12. The summed E-state index contributed by atoms with van der Waals surface area (Å²) in [6.07, 6.45) is 4.11. The predicted molar refractivity (Wildman–Crippen MR) is 92.0 cm³/mol. The van der Waals surface area contributed by atoms with Gasteiger partial charge in [0.05, 0.1) is 11.4 Å². The number of hydrogen-bond acceptors (Lipinski definition) is 4. The molecule has 1 aromatic carbocycles. The van der Waals surface area contributed by atoms with Crippen molar-refractivity contribution in [2.75, 3.05) is 5.32 Å². The molecule has 6 heteroatoms. The van der Waals surface area contributed by atoms with E-state index < -0.39 is 0 Å². The van der Waals surface area contributed by atoms with E-state index in [-0.39, 0.29) is 5.91 Å². The molecule has 0 fully saturated rings. The summed E-state index contributed by atoms with van der Waals surface area (Å²) in [7, 11) is 0. The van der Waals surface area contributed by atoms with Gasteiger partial charge in [-0.2, -0.15) is 5.10 Å². The normalized spacial score (nSPS) is 10.7. The van der Waals surface area contributed by atoms with E-state index >= 15 is 0 Å². The number of amides is 1. The number of nitrogens with one attached hydrogen (secondary N) is 1. The van der Waals surface area contributed by atoms with Crippen LogP contribution in [0.2, 0.25) is 0 Å². The van der Waals surface area contributed by atoms with Gasteiger partial charge in [0.25, 0.3) is 5.91 Å². The Morgan fingerprint density at radius 2 is 2.17 bits per heavy atom. The van der Waals surface area contributed by atoms with Crippen LogP contribution in [-0.2, 0) is 13.0 Å². The summed E-state index contributed by atoms with van der Waals surface area (Å²) in [6.45, 7) is 4.72. The first-order chi connectivity index (χ1) is 11.2. The first kappa shape index (κ1) is 15.4. The zero-order chi connectivity index (χ0) is 16.2. The molecule has 0 saturated heterocycles. The molecule has 0 aliphatic rings. The summed E-state index contributed by atoms with van der Waals surface area (Å²) < 4.78 is 1.73. The molecule has 23 heavy (non-hydrogen) atoms. The number of para-hydroxylation sites is 1. The second kappa shape index (κ2) is 6.75. The Morgan fingerprint density at radius 1 is 1.35 bits per heavy atom. The predicted octanol–water partition coefficient (Wildman–Crippen LogP) is 3.51. The lowest BCUT2D eigenvalue weighted by Gasteiger charge is -2.10. The molecule has 1 amide bonds. The van der Waals surface area contributed by atoms with Gasteiger partial charge >= 0.3 is 0 Å². The van der Waals surface area contributed by atoms with Crippen LogP contribution in [0.15, 0.2) is 43.0 Å². The Labute approximate surface area is 139 Å². The van der Waals surface area contributed by atoms with E-state index in [0.29, 0.717) is 6.54 Å². The van der Waals surface area contributed by atoms with E-state index in [9.17, 15) is 4.79 Å². The van der Waals surface area contributed by atoms with Gasteiger partial charge in [0, 0.05) is 10.6 Å². The second-order valence-corrected chi connectivity index (χ2v) is 6.41. The molecule has 0 unspecified atom stereocenters. The molecular formula is C17H18N4OS. The van der Waals surface area contributed by atoms with Crippen molar-refractivity contribution in [3.8, 4) is 0 Å². The van der Waals surface area contributed by atoms with E-state index in [1.54, 1.807) is 22.3 Å². The quantitative estimate of drug-likeness (QED) is 0.780. The fraction of sp³-hybridized carbons (Fsp3) is 0.235. The van der Waals surface area contributed by atoms with Gasteiger partial charge in [-0.3, -0.25) is 4.79 Å². The number of nitrogens with zero attached hydrogens (tertiary/aromatic N) is 3. The highest BCUT2D eigenvalue weighted by atomic mass is 32.1. The third-order valence-electron chi connectivity index (χ3n) is 3.63. The summed E-state index contributed by atoms with van der Waals surface area (Å²) in [6, 6.07) is 9.71. The van der Waals surface area contributed by atoms with Crippen LogP contribution in [0.25, 0.3) is 0 Å². The van der Waals surface area contributed by atoms with Crippen LogP contribution < -0.4 is 5.32 Å². The van der Waals surface area contributed by atoms with Crippen LogP contribution in [0.3, 0.4) is 0 Å². The van der Waals surface area contributed by atoms with Crippen LogP contribution in [0.5, 0.6) is 0 Å². The van der Waals surface area contributed by atoms with E-state index in [0.717, 1.165) is 22.5 Å². The molecule has 0 saturated carbocycles. The second-order valence-electron chi connectivity index (χ2n) is 5.27. The number of anilines is 1. The van der Waals surface area contributed by atoms with Gasteiger partial charge in [0.1, 0.15) is 12.7 Å². The number of carbonyl (C=O) groups is 1. The molecule has 0 radical (unpaired) electrons. The molecule has 0 aliphatic carbocycles. The molecule has 3 rings (SSSR count). The first-order valence-corrected chi connectivity index (χ1v) is 8.30. The van der Waals surface area contributed by atoms with Crippen molar-refractivity contribution in [2.24, 2.45) is 0 Å². The fourth-order valence-corrected chi connectivity index (χ4v) is 3.44. The maximum absolute atomic E-state index is 12.5. The molecule has 118 valence electrons. The van der Waals surface area contributed by atoms with Gasteiger partial charge in [-0.15, -0.1) is 11.3 Å². The summed E-state index contributed by atoms with van der Waals surface area (Å²) in [5.41, 5.74) is 2.98. The average Bonchev–Trinajstić information content (AvgIpc) is 3.18. The summed E-state index contributed by atoms with van der Waals surface area (Å²) >= 11 is 1.56. The summed E-state index contributed by atoms with van der Waals surface area (Å²) in [5.74, 6) is -0.0659. The van der Waals surface area contributed by atoms with Gasteiger partial charge < -0.3 is 5.32 Å². The van der Waals surface area contributed by atoms with E-state index in [1.807, 2.05) is 37.3 Å². The third kappa shape index (κ3) is 3.48. The topological polar surface area (TPSA) is 59.8 Å². The Kier molecular flexibility index (Phi) is 4.52. The molecule has 2 aromatic heterocycles. The van der Waals surface area contributed by atoms with E-state index in [2.05, 4.69) is 22.3 Å². The van der Waals surface area contributed by atoms with Gasteiger partial charge in [-0.05, 0) is 36.6 Å². The van der Waals surface area contributed by atoms with E-state index in [1.165, 1.54) is 16.8 Å². The summed E-state index contributed by atoms with van der Waals surface area (Å²) in [4.78, 5) is 18.5. The molecule has 0 atom stereocenters. The van der Waals surface area contributed by atoms with Crippen molar-refractivity contribution < 1.29 is 4.79 Å². The highest BCUT2D eigenvalue weighted by Gasteiger charge is 2.13. The number of carbonyl (C=O) groups excluding carboxylic acids is 1. The smallest absolute Gasteiger partial charge is 0.265 e. The largest absolute Gasteiger partial charge is 0.321 e. The highest BCUT2D eigenvalue weighted by Crippen LogP contribution is 2.24. The van der Waals surface area contributed by atoms with Crippen molar-refractivity contribution in [3.05, 3.63) is 63.9 Å². The number of benzene rings is 1. The lowest BCUT2D eigenvalue weighted by molar-refractivity contribution is 0.103. The Morgan fingerprint density at radius 3 is 2.87 bits per heavy atom. The van der Waals surface area contributed by atoms with Crippen molar-refractivity contribution in [2.45, 2.75) is 26.8 Å². The van der Waals surface area contributed by atoms with Gasteiger partial charge in [-0.25, -0.2) is 9.67 Å². The minimum atomic E-state index is -0.0659. The zero-order valence-corrected chi connectivity index (χ0v) is 13.9. The van der Waals surface area contributed by atoms with E-state index in [4.69, 9.17) is 0 Å². The lowest BCUT2D eigenvalue weighted by atomic mass is 10.1. The molecule has 3 aromatic rings. The lowest BCUT2D eigenvalue weighted by Crippen LogP contribution is -2.13. The van der Waals surface area contributed by atoms with Gasteiger partial charge in [0.2, 0.25) is 0 Å². The highest BCUT2D eigenvalue weighted by molar-refractivity contribution is 7.14. The number of hydrogen-bond donors (Lipinski definition) is 1. The van der Waals surface area contributed by atoms with Crippen LogP contribution >= 0.6 is 11.3 Å². The van der Waals surface area contributed by atoms with Crippen LogP contribution in [0, 0.1) is 6.92 Å². The van der Waals surface area contributed by atoms with Crippen LogP contribution in [0.1, 0.15) is 32.6 Å². The molecule has 2 heterocycles. The fourth-order valence-electron chi connectivity index (χ4n) is 2.44. The molecule has 0 aliphatic heterocycles. The Bertz CT molecular complexity index is 808. The molecule has 0 spiro atoms. The minimum absolute atomic E-state index is 0.0659. The van der Waals surface area contributed by atoms with Crippen molar-refractivity contribution >= 4 is 22.9 Å². The SMILES string of the molecule is CCc1sc(C(=O)Nc2ccccc2Cn2cncn2)cc1C. The first-order valence-electron chi connectivity index (χ1n) is 7.48. The van der Waals surface area contributed by atoms with Crippen molar-refractivity contribution in [1.82, 2.24) is 14.8 Å². The minimum Gasteiger partial charge on any atom is -0.321 e. The molecular weight excluding hydrogens is 308 g/mol. The van der Waals surface area contributed by atoms with Gasteiger partial charge in [-0.1, -0.05) is 25.1 Å².